The number of halogens is 1. The zero-order chi connectivity index (χ0) is 14.4. The minimum absolute atomic E-state index is 0.435. The molecule has 0 spiro atoms. The summed E-state index contributed by atoms with van der Waals surface area (Å²) in [5.74, 6) is 1.37. The molecule has 1 heterocycles. The third-order valence-corrected chi connectivity index (χ3v) is 3.10. The summed E-state index contributed by atoms with van der Waals surface area (Å²) in [4.78, 5) is 4.37. The number of hydrogen-bond donors (Lipinski definition) is 1. The Morgan fingerprint density at radius 1 is 1.25 bits per heavy atom. The fourth-order valence-electron chi connectivity index (χ4n) is 1.76. The smallest absolute Gasteiger partial charge is 0.213 e. The molecule has 0 aliphatic carbocycles. The van der Waals surface area contributed by atoms with Gasteiger partial charge in [-0.15, -0.1) is 0 Å². The van der Waals surface area contributed by atoms with Crippen molar-refractivity contribution in [2.24, 2.45) is 0 Å². The first kappa shape index (κ1) is 14.6. The van der Waals surface area contributed by atoms with Gasteiger partial charge < -0.3 is 14.8 Å². The van der Waals surface area contributed by atoms with E-state index in [1.165, 1.54) is 0 Å². The molecule has 1 aromatic carbocycles. The fraction of sp³-hybridized carbons (Fsp3) is 0.267. The third kappa shape index (κ3) is 3.85. The molecule has 0 fully saturated rings. The molecule has 0 bridgehead atoms. The van der Waals surface area contributed by atoms with Gasteiger partial charge in [-0.1, -0.05) is 23.7 Å². The van der Waals surface area contributed by atoms with Gasteiger partial charge in [-0.25, -0.2) is 4.98 Å². The fourth-order valence-corrected chi connectivity index (χ4v) is 1.93. The number of aromatic nitrogens is 1. The van der Waals surface area contributed by atoms with Crippen molar-refractivity contribution in [1.82, 2.24) is 10.3 Å². The molecule has 1 aromatic heterocycles. The van der Waals surface area contributed by atoms with E-state index in [0.29, 0.717) is 24.1 Å². The molecule has 0 unspecified atom stereocenters. The van der Waals surface area contributed by atoms with Gasteiger partial charge in [0.05, 0.1) is 17.8 Å². The zero-order valence-corrected chi connectivity index (χ0v) is 12.3. The maximum absolute atomic E-state index is 6.06. The van der Waals surface area contributed by atoms with E-state index in [4.69, 9.17) is 21.1 Å². The van der Waals surface area contributed by atoms with Crippen molar-refractivity contribution < 1.29 is 9.47 Å². The second kappa shape index (κ2) is 7.12. The Kier molecular flexibility index (Phi) is 5.21. The molecule has 0 atom stereocenters. The van der Waals surface area contributed by atoms with Crippen LogP contribution in [0.25, 0.3) is 0 Å². The van der Waals surface area contributed by atoms with Crippen molar-refractivity contribution in [3.63, 3.8) is 0 Å². The number of nitrogens with zero attached hydrogens (tertiary/aromatic N) is 1. The van der Waals surface area contributed by atoms with Gasteiger partial charge in [0.15, 0.2) is 0 Å². The molecular weight excluding hydrogens is 276 g/mol. The largest absolute Gasteiger partial charge is 0.497 e. The Balaban J connectivity index is 2.04. The molecule has 2 aromatic rings. The Labute approximate surface area is 123 Å². The van der Waals surface area contributed by atoms with Gasteiger partial charge in [-0.05, 0) is 30.8 Å². The van der Waals surface area contributed by atoms with E-state index >= 15 is 0 Å². The maximum Gasteiger partial charge on any atom is 0.213 e. The van der Waals surface area contributed by atoms with Crippen LogP contribution in [-0.4, -0.2) is 19.1 Å². The van der Waals surface area contributed by atoms with Crippen LogP contribution in [0, 0.1) is 0 Å². The minimum atomic E-state index is 0.435. The quantitative estimate of drug-likeness (QED) is 0.889. The van der Waals surface area contributed by atoms with Gasteiger partial charge in [-0.2, -0.15) is 0 Å². The van der Waals surface area contributed by atoms with Gasteiger partial charge in [-0.3, -0.25) is 0 Å². The normalized spacial score (nSPS) is 10.3. The standard InChI is InChI=1S/C15H17ClN2O2/c1-17-9-14-13(16)6-7-15(18-14)20-10-11-4-3-5-12(8-11)19-2/h3-8,17H,9-10H2,1-2H3. The first-order valence-corrected chi connectivity index (χ1v) is 6.66. The van der Waals surface area contributed by atoms with Gasteiger partial charge in [0.1, 0.15) is 12.4 Å². The molecule has 5 heteroatoms. The first-order valence-electron chi connectivity index (χ1n) is 6.28. The summed E-state index contributed by atoms with van der Waals surface area (Å²) in [6.45, 7) is 1.04. The van der Waals surface area contributed by atoms with Crippen molar-refractivity contribution in [2.45, 2.75) is 13.2 Å². The molecule has 0 amide bonds. The van der Waals surface area contributed by atoms with E-state index in [-0.39, 0.29) is 0 Å². The average molecular weight is 293 g/mol. The molecule has 20 heavy (non-hydrogen) atoms. The molecule has 106 valence electrons. The molecule has 0 radical (unpaired) electrons. The summed E-state index contributed by atoms with van der Waals surface area (Å²) >= 11 is 6.06. The lowest BCUT2D eigenvalue weighted by molar-refractivity contribution is 0.292. The van der Waals surface area contributed by atoms with Crippen molar-refractivity contribution in [1.29, 1.82) is 0 Å². The van der Waals surface area contributed by atoms with Gasteiger partial charge >= 0.3 is 0 Å². The Morgan fingerprint density at radius 3 is 2.85 bits per heavy atom. The van der Waals surface area contributed by atoms with E-state index in [1.807, 2.05) is 31.3 Å². The number of benzene rings is 1. The van der Waals surface area contributed by atoms with Crippen LogP contribution < -0.4 is 14.8 Å². The molecule has 0 aliphatic rings. The number of methoxy groups -OCH3 is 1. The number of pyridine rings is 1. The molecule has 0 saturated heterocycles. The lowest BCUT2D eigenvalue weighted by atomic mass is 10.2. The summed E-state index contributed by atoms with van der Waals surface area (Å²) in [7, 11) is 3.49. The van der Waals surface area contributed by atoms with Gasteiger partial charge in [0, 0.05) is 12.6 Å². The first-order chi connectivity index (χ1) is 9.72. The predicted octanol–water partition coefficient (Wildman–Crippen LogP) is 3.04. The predicted molar refractivity (Wildman–Crippen MR) is 79.3 cm³/mol. The minimum Gasteiger partial charge on any atom is -0.497 e. The number of ether oxygens (including phenoxy) is 2. The highest BCUT2D eigenvalue weighted by Crippen LogP contribution is 2.19. The summed E-state index contributed by atoms with van der Waals surface area (Å²) in [5.41, 5.74) is 1.80. The summed E-state index contributed by atoms with van der Waals surface area (Å²) in [6.07, 6.45) is 0. The second-order valence-electron chi connectivity index (χ2n) is 4.25. The number of hydrogen-bond acceptors (Lipinski definition) is 4. The SMILES string of the molecule is CNCc1nc(OCc2cccc(OC)c2)ccc1Cl. The van der Waals surface area contributed by atoms with Crippen LogP contribution >= 0.6 is 11.6 Å². The second-order valence-corrected chi connectivity index (χ2v) is 4.66. The summed E-state index contributed by atoms with van der Waals surface area (Å²) < 4.78 is 10.9. The molecular formula is C15H17ClN2O2. The van der Waals surface area contributed by atoms with Crippen LogP contribution in [0.2, 0.25) is 5.02 Å². The monoisotopic (exact) mass is 292 g/mol. The van der Waals surface area contributed by atoms with Gasteiger partial charge in [0.2, 0.25) is 5.88 Å². The van der Waals surface area contributed by atoms with Crippen molar-refractivity contribution in [3.05, 3.63) is 52.7 Å². The molecule has 1 N–H and O–H groups in total. The van der Waals surface area contributed by atoms with Crippen molar-refractivity contribution >= 4 is 11.6 Å². The third-order valence-electron chi connectivity index (χ3n) is 2.76. The zero-order valence-electron chi connectivity index (χ0n) is 11.5. The van der Waals surface area contributed by atoms with Crippen molar-refractivity contribution in [2.75, 3.05) is 14.2 Å². The highest BCUT2D eigenvalue weighted by molar-refractivity contribution is 6.31. The van der Waals surface area contributed by atoms with Gasteiger partial charge in [0.25, 0.3) is 0 Å². The Morgan fingerprint density at radius 2 is 2.10 bits per heavy atom. The molecule has 2 rings (SSSR count). The highest BCUT2D eigenvalue weighted by atomic mass is 35.5. The van der Waals surface area contributed by atoms with Crippen LogP contribution in [0.5, 0.6) is 11.6 Å². The summed E-state index contributed by atoms with van der Waals surface area (Å²) in [5, 5.41) is 3.65. The van der Waals surface area contributed by atoms with Crippen LogP contribution in [0.4, 0.5) is 0 Å². The van der Waals surface area contributed by atoms with Crippen LogP contribution in [0.3, 0.4) is 0 Å². The van der Waals surface area contributed by atoms with Crippen LogP contribution in [-0.2, 0) is 13.2 Å². The van der Waals surface area contributed by atoms with Crippen LogP contribution in [0.15, 0.2) is 36.4 Å². The lowest BCUT2D eigenvalue weighted by Gasteiger charge is -2.09. The number of nitrogens with one attached hydrogen (secondary N) is 1. The average Bonchev–Trinajstić information content (AvgIpc) is 2.48. The maximum atomic E-state index is 6.06. The van der Waals surface area contributed by atoms with E-state index in [2.05, 4.69) is 10.3 Å². The van der Waals surface area contributed by atoms with E-state index in [9.17, 15) is 0 Å². The molecule has 0 saturated carbocycles. The summed E-state index contributed by atoms with van der Waals surface area (Å²) in [6, 6.07) is 11.3. The Bertz CT molecular complexity index is 576. The van der Waals surface area contributed by atoms with E-state index in [1.54, 1.807) is 19.2 Å². The molecule has 0 aliphatic heterocycles. The topological polar surface area (TPSA) is 43.4 Å². The highest BCUT2D eigenvalue weighted by Gasteiger charge is 2.04. The van der Waals surface area contributed by atoms with Crippen molar-refractivity contribution in [3.8, 4) is 11.6 Å². The van der Waals surface area contributed by atoms with Crippen LogP contribution in [0.1, 0.15) is 11.3 Å². The lowest BCUT2D eigenvalue weighted by Crippen LogP contribution is -2.08. The van der Waals surface area contributed by atoms with E-state index < -0.39 is 0 Å². The van der Waals surface area contributed by atoms with E-state index in [0.717, 1.165) is 17.0 Å². The molecule has 4 nitrogen and oxygen atoms in total. The Hall–Kier alpha value is -1.78. The number of rotatable bonds is 6.